The zero-order valence-electron chi connectivity index (χ0n) is 14.8. The summed E-state index contributed by atoms with van der Waals surface area (Å²) in [4.78, 5) is 14.0. The van der Waals surface area contributed by atoms with Crippen LogP contribution in [0.4, 0.5) is 13.6 Å². The number of hydrogen-bond acceptors (Lipinski definition) is 3. The van der Waals surface area contributed by atoms with Gasteiger partial charge in [-0.2, -0.15) is 0 Å². The Kier molecular flexibility index (Phi) is 5.80. The molecular formula is C18H23F2N5O. The maximum absolute atomic E-state index is 13.7. The maximum atomic E-state index is 13.7. The molecule has 3 rings (SSSR count). The van der Waals surface area contributed by atoms with Crippen LogP contribution in [0.25, 0.3) is 0 Å². The molecule has 0 spiro atoms. The topological polar surface area (TPSA) is 63.1 Å². The molecule has 0 radical (unpaired) electrons. The average molecular weight is 363 g/mol. The van der Waals surface area contributed by atoms with Crippen LogP contribution >= 0.6 is 0 Å². The van der Waals surface area contributed by atoms with Gasteiger partial charge in [0.2, 0.25) is 0 Å². The normalized spacial score (nSPS) is 15.3. The predicted molar refractivity (Wildman–Crippen MR) is 92.2 cm³/mol. The number of aromatic nitrogens is 3. The summed E-state index contributed by atoms with van der Waals surface area (Å²) in [6.07, 6.45) is 4.98. The zero-order chi connectivity index (χ0) is 18.5. The number of halogens is 2. The second kappa shape index (κ2) is 8.25. The quantitative estimate of drug-likeness (QED) is 0.888. The van der Waals surface area contributed by atoms with E-state index < -0.39 is 11.6 Å². The number of likely N-dealkylation sites (tertiary alicyclic amines) is 1. The summed E-state index contributed by atoms with van der Waals surface area (Å²) < 4.78 is 28.2. The number of hydrogen-bond donors (Lipinski definition) is 1. The highest BCUT2D eigenvalue weighted by molar-refractivity contribution is 5.74. The van der Waals surface area contributed by atoms with Gasteiger partial charge in [0.25, 0.3) is 0 Å². The molecule has 6 nitrogen and oxygen atoms in total. The molecule has 1 N–H and O–H groups in total. The molecule has 0 aliphatic carbocycles. The molecule has 8 heteroatoms. The minimum Gasteiger partial charge on any atom is -0.332 e. The van der Waals surface area contributed by atoms with E-state index in [-0.39, 0.29) is 6.03 Å². The number of nitrogens with one attached hydrogen (secondary N) is 1. The molecule has 0 bridgehead atoms. The van der Waals surface area contributed by atoms with Crippen molar-refractivity contribution in [1.82, 2.24) is 25.2 Å². The fourth-order valence-electron chi connectivity index (χ4n) is 3.26. The lowest BCUT2D eigenvalue weighted by atomic mass is 9.90. The van der Waals surface area contributed by atoms with Crippen molar-refractivity contribution in [2.24, 2.45) is 13.0 Å². The highest BCUT2D eigenvalue weighted by Crippen LogP contribution is 2.23. The van der Waals surface area contributed by atoms with Gasteiger partial charge in [-0.15, -0.1) is 5.10 Å². The van der Waals surface area contributed by atoms with Gasteiger partial charge in [0.1, 0.15) is 17.3 Å². The van der Waals surface area contributed by atoms with Crippen molar-refractivity contribution in [3.8, 4) is 0 Å². The molecule has 2 aromatic rings. The molecule has 1 fully saturated rings. The van der Waals surface area contributed by atoms with E-state index in [9.17, 15) is 13.6 Å². The molecule has 1 aromatic carbocycles. The second-order valence-corrected chi connectivity index (χ2v) is 6.75. The van der Waals surface area contributed by atoms with E-state index in [4.69, 9.17) is 0 Å². The number of rotatable bonds is 5. The molecule has 140 valence electrons. The van der Waals surface area contributed by atoms with E-state index in [2.05, 4.69) is 15.6 Å². The first-order chi connectivity index (χ1) is 12.5. The number of carbonyl (C=O) groups excluding carboxylic acids is 1. The lowest BCUT2D eigenvalue weighted by molar-refractivity contribution is 0.167. The Balaban J connectivity index is 1.40. The highest BCUT2D eigenvalue weighted by Gasteiger charge is 2.23. The number of piperidine rings is 1. The molecule has 2 amide bonds. The van der Waals surface area contributed by atoms with E-state index in [1.807, 2.05) is 0 Å². The molecule has 1 saturated heterocycles. The number of benzene rings is 1. The first kappa shape index (κ1) is 18.3. The van der Waals surface area contributed by atoms with Crippen LogP contribution in [0, 0.1) is 17.6 Å². The van der Waals surface area contributed by atoms with Crippen molar-refractivity contribution < 1.29 is 13.6 Å². The number of aryl methyl sites for hydroxylation is 2. The maximum Gasteiger partial charge on any atom is 0.317 e. The third-order valence-corrected chi connectivity index (χ3v) is 4.81. The summed E-state index contributed by atoms with van der Waals surface area (Å²) in [6.45, 7) is 1.72. The van der Waals surface area contributed by atoms with Gasteiger partial charge in [-0.25, -0.2) is 13.6 Å². The van der Waals surface area contributed by atoms with Crippen molar-refractivity contribution in [3.05, 3.63) is 47.3 Å². The molecule has 1 aromatic heterocycles. The summed E-state index contributed by atoms with van der Waals surface area (Å²) in [5.41, 5.74) is 1.27. The van der Waals surface area contributed by atoms with E-state index in [0.717, 1.165) is 31.0 Å². The third-order valence-electron chi connectivity index (χ3n) is 4.81. The van der Waals surface area contributed by atoms with Gasteiger partial charge in [-0.1, -0.05) is 11.3 Å². The SMILES string of the molecule is Cn1cc(CNC(=O)N2CCC(CCc3ccc(F)cc3F)CC2)nn1. The lowest BCUT2D eigenvalue weighted by Gasteiger charge is -2.32. The molecule has 26 heavy (non-hydrogen) atoms. The van der Waals surface area contributed by atoms with Gasteiger partial charge in [-0.05, 0) is 43.2 Å². The van der Waals surface area contributed by atoms with Gasteiger partial charge in [0, 0.05) is 32.4 Å². The minimum absolute atomic E-state index is 0.0984. The molecular weight excluding hydrogens is 340 g/mol. The van der Waals surface area contributed by atoms with Crippen LogP contribution in [0.3, 0.4) is 0 Å². The van der Waals surface area contributed by atoms with Crippen LogP contribution in [-0.4, -0.2) is 39.0 Å². The second-order valence-electron chi connectivity index (χ2n) is 6.75. The summed E-state index contributed by atoms with van der Waals surface area (Å²) in [7, 11) is 1.78. The Hall–Kier alpha value is -2.51. The predicted octanol–water partition coefficient (Wildman–Crippen LogP) is 2.65. The number of urea groups is 1. The van der Waals surface area contributed by atoms with Gasteiger partial charge >= 0.3 is 6.03 Å². The van der Waals surface area contributed by atoms with Crippen molar-refractivity contribution in [2.45, 2.75) is 32.2 Å². The van der Waals surface area contributed by atoms with E-state index >= 15 is 0 Å². The first-order valence-electron chi connectivity index (χ1n) is 8.83. The van der Waals surface area contributed by atoms with Gasteiger partial charge in [0.15, 0.2) is 0 Å². The Morgan fingerprint density at radius 3 is 2.73 bits per heavy atom. The number of amides is 2. The monoisotopic (exact) mass is 363 g/mol. The van der Waals surface area contributed by atoms with Crippen LogP contribution < -0.4 is 5.32 Å². The van der Waals surface area contributed by atoms with E-state index in [0.29, 0.717) is 37.5 Å². The molecule has 1 aliphatic rings. The summed E-state index contributed by atoms with van der Waals surface area (Å²) in [6, 6.07) is 3.64. The molecule has 0 atom stereocenters. The fourth-order valence-corrected chi connectivity index (χ4v) is 3.26. The Labute approximate surface area is 151 Å². The van der Waals surface area contributed by atoms with Crippen molar-refractivity contribution in [3.63, 3.8) is 0 Å². The standard InChI is InChI=1S/C18H23F2N5O/c1-24-12-16(22-23-24)11-21-18(26)25-8-6-13(7-9-25)2-3-14-4-5-15(19)10-17(14)20/h4-5,10,12-13H,2-3,6-9,11H2,1H3,(H,21,26). The average Bonchev–Trinajstić information content (AvgIpc) is 3.05. The van der Waals surface area contributed by atoms with Crippen molar-refractivity contribution in [1.29, 1.82) is 0 Å². The molecule has 1 aliphatic heterocycles. The van der Waals surface area contributed by atoms with E-state index in [1.54, 1.807) is 22.8 Å². The fraction of sp³-hybridized carbons (Fsp3) is 0.500. The summed E-state index contributed by atoms with van der Waals surface area (Å²) >= 11 is 0. The lowest BCUT2D eigenvalue weighted by Crippen LogP contribution is -2.44. The van der Waals surface area contributed by atoms with Crippen LogP contribution in [0.2, 0.25) is 0 Å². The number of carbonyl (C=O) groups is 1. The van der Waals surface area contributed by atoms with Crippen molar-refractivity contribution >= 4 is 6.03 Å². The van der Waals surface area contributed by atoms with Crippen LogP contribution in [0.5, 0.6) is 0 Å². The summed E-state index contributed by atoms with van der Waals surface area (Å²) in [5, 5.41) is 10.6. The smallest absolute Gasteiger partial charge is 0.317 e. The minimum atomic E-state index is -0.549. The third kappa shape index (κ3) is 4.77. The van der Waals surface area contributed by atoms with Gasteiger partial charge < -0.3 is 10.2 Å². The highest BCUT2D eigenvalue weighted by atomic mass is 19.1. The van der Waals surface area contributed by atoms with Crippen LogP contribution in [-0.2, 0) is 20.0 Å². The van der Waals surface area contributed by atoms with Crippen molar-refractivity contribution in [2.75, 3.05) is 13.1 Å². The van der Waals surface area contributed by atoms with Crippen LogP contribution in [0.15, 0.2) is 24.4 Å². The molecule has 0 saturated carbocycles. The Morgan fingerprint density at radius 2 is 2.08 bits per heavy atom. The Morgan fingerprint density at radius 1 is 1.31 bits per heavy atom. The van der Waals surface area contributed by atoms with E-state index in [1.165, 1.54) is 12.1 Å². The number of nitrogens with zero attached hydrogens (tertiary/aromatic N) is 4. The van der Waals surface area contributed by atoms with Gasteiger partial charge in [-0.3, -0.25) is 4.68 Å². The first-order valence-corrected chi connectivity index (χ1v) is 8.83. The summed E-state index contributed by atoms with van der Waals surface area (Å²) in [5.74, 6) is -0.582. The molecule has 0 unspecified atom stereocenters. The Bertz CT molecular complexity index is 756. The largest absolute Gasteiger partial charge is 0.332 e. The van der Waals surface area contributed by atoms with Crippen LogP contribution in [0.1, 0.15) is 30.5 Å². The van der Waals surface area contributed by atoms with Gasteiger partial charge in [0.05, 0.1) is 6.54 Å². The zero-order valence-corrected chi connectivity index (χ0v) is 14.8. The molecule has 2 heterocycles.